The van der Waals surface area contributed by atoms with Crippen LogP contribution in [-0.4, -0.2) is 12.5 Å². The first-order valence-electron chi connectivity index (χ1n) is 5.09. The van der Waals surface area contributed by atoms with Gasteiger partial charge >= 0.3 is 6.18 Å². The molecule has 0 unspecified atom stereocenters. The first-order chi connectivity index (χ1) is 7.84. The van der Waals surface area contributed by atoms with Gasteiger partial charge in [0, 0.05) is 12.2 Å². The molecule has 0 bridgehead atoms. The van der Waals surface area contributed by atoms with Crippen LogP contribution >= 0.6 is 0 Å². The van der Waals surface area contributed by atoms with Gasteiger partial charge in [0.25, 0.3) is 0 Å². The fourth-order valence-corrected chi connectivity index (χ4v) is 1.28. The Kier molecular flexibility index (Phi) is 3.98. The Labute approximate surface area is 97.5 Å². The Hall–Kier alpha value is -1.72. The SMILES string of the molecule is CCN=C(N)Nc1cc(C(F)(F)F)ccc1C. The van der Waals surface area contributed by atoms with Gasteiger partial charge in [-0.1, -0.05) is 6.07 Å². The number of nitrogens with two attached hydrogens (primary N) is 1. The van der Waals surface area contributed by atoms with Crippen LogP contribution in [0.25, 0.3) is 0 Å². The van der Waals surface area contributed by atoms with Crippen molar-refractivity contribution in [3.8, 4) is 0 Å². The molecule has 0 amide bonds. The van der Waals surface area contributed by atoms with Crippen molar-refractivity contribution in [2.45, 2.75) is 20.0 Å². The number of nitrogens with one attached hydrogen (secondary N) is 1. The maximum absolute atomic E-state index is 12.5. The molecule has 0 aliphatic carbocycles. The summed E-state index contributed by atoms with van der Waals surface area (Å²) in [6.45, 7) is 3.95. The van der Waals surface area contributed by atoms with Gasteiger partial charge in [0.15, 0.2) is 5.96 Å². The lowest BCUT2D eigenvalue weighted by atomic mass is 10.1. The summed E-state index contributed by atoms with van der Waals surface area (Å²) >= 11 is 0. The van der Waals surface area contributed by atoms with E-state index in [9.17, 15) is 13.2 Å². The molecule has 94 valence electrons. The lowest BCUT2D eigenvalue weighted by molar-refractivity contribution is -0.137. The van der Waals surface area contributed by atoms with Crippen LogP contribution in [0.5, 0.6) is 0 Å². The highest BCUT2D eigenvalue weighted by atomic mass is 19.4. The molecule has 0 spiro atoms. The number of anilines is 1. The van der Waals surface area contributed by atoms with E-state index in [-0.39, 0.29) is 5.96 Å². The van der Waals surface area contributed by atoms with E-state index in [2.05, 4.69) is 10.3 Å². The van der Waals surface area contributed by atoms with Crippen molar-refractivity contribution < 1.29 is 13.2 Å². The Morgan fingerprint density at radius 2 is 2.06 bits per heavy atom. The van der Waals surface area contributed by atoms with Gasteiger partial charge in [-0.05, 0) is 31.5 Å². The third-order valence-electron chi connectivity index (χ3n) is 2.16. The average molecular weight is 245 g/mol. The molecule has 3 nitrogen and oxygen atoms in total. The van der Waals surface area contributed by atoms with Gasteiger partial charge in [-0.3, -0.25) is 4.99 Å². The van der Waals surface area contributed by atoms with Crippen LogP contribution < -0.4 is 11.1 Å². The summed E-state index contributed by atoms with van der Waals surface area (Å²) in [6.07, 6.45) is -4.36. The Bertz CT molecular complexity index is 424. The Morgan fingerprint density at radius 1 is 1.41 bits per heavy atom. The summed E-state index contributed by atoms with van der Waals surface area (Å²) in [7, 11) is 0. The molecule has 0 fully saturated rings. The molecule has 0 heterocycles. The summed E-state index contributed by atoms with van der Waals surface area (Å²) in [5.41, 5.74) is 5.78. The second kappa shape index (κ2) is 5.07. The normalized spacial score (nSPS) is 12.6. The number of rotatable bonds is 2. The number of benzene rings is 1. The van der Waals surface area contributed by atoms with E-state index in [1.54, 1.807) is 13.8 Å². The number of hydrogen-bond acceptors (Lipinski definition) is 1. The molecule has 1 aromatic carbocycles. The van der Waals surface area contributed by atoms with E-state index in [4.69, 9.17) is 5.73 Å². The van der Waals surface area contributed by atoms with Crippen LogP contribution in [0.3, 0.4) is 0 Å². The molecule has 0 saturated carbocycles. The van der Waals surface area contributed by atoms with Crippen LogP contribution in [-0.2, 0) is 6.18 Å². The van der Waals surface area contributed by atoms with E-state index in [1.165, 1.54) is 6.07 Å². The molecule has 0 atom stereocenters. The van der Waals surface area contributed by atoms with Gasteiger partial charge in [0.05, 0.1) is 5.56 Å². The molecule has 0 aromatic heterocycles. The predicted molar refractivity (Wildman–Crippen MR) is 62.0 cm³/mol. The molecule has 0 aliphatic heterocycles. The molecular formula is C11H14F3N3. The number of alkyl halides is 3. The van der Waals surface area contributed by atoms with Crippen molar-refractivity contribution in [2.75, 3.05) is 11.9 Å². The number of halogens is 3. The zero-order valence-corrected chi connectivity index (χ0v) is 9.60. The van der Waals surface area contributed by atoms with Crippen molar-refractivity contribution >= 4 is 11.6 Å². The zero-order chi connectivity index (χ0) is 13.1. The smallest absolute Gasteiger partial charge is 0.370 e. The van der Waals surface area contributed by atoms with Gasteiger partial charge in [0.1, 0.15) is 0 Å². The number of nitrogens with zero attached hydrogens (tertiary/aromatic N) is 1. The monoisotopic (exact) mass is 245 g/mol. The molecule has 17 heavy (non-hydrogen) atoms. The highest BCUT2D eigenvalue weighted by Crippen LogP contribution is 2.31. The second-order valence-corrected chi connectivity index (χ2v) is 3.51. The Balaban J connectivity index is 3.03. The third kappa shape index (κ3) is 3.65. The number of hydrogen-bond donors (Lipinski definition) is 2. The largest absolute Gasteiger partial charge is 0.416 e. The number of aryl methyl sites for hydroxylation is 1. The van der Waals surface area contributed by atoms with Gasteiger partial charge in [-0.15, -0.1) is 0 Å². The molecule has 1 rings (SSSR count). The first-order valence-corrected chi connectivity index (χ1v) is 5.09. The van der Waals surface area contributed by atoms with Gasteiger partial charge < -0.3 is 11.1 Å². The minimum Gasteiger partial charge on any atom is -0.370 e. The standard InChI is InChI=1S/C11H14F3N3/c1-3-16-10(15)17-9-6-8(11(12,13)14)5-4-7(9)2/h4-6H,3H2,1-2H3,(H3,15,16,17). The average Bonchev–Trinajstić information content (AvgIpc) is 2.20. The van der Waals surface area contributed by atoms with Crippen LogP contribution in [0.15, 0.2) is 23.2 Å². The molecule has 0 aliphatic rings. The summed E-state index contributed by atoms with van der Waals surface area (Å²) in [4.78, 5) is 3.85. The maximum atomic E-state index is 12.5. The van der Waals surface area contributed by atoms with Crippen LogP contribution in [0.1, 0.15) is 18.1 Å². The van der Waals surface area contributed by atoms with Crippen molar-refractivity contribution in [3.05, 3.63) is 29.3 Å². The van der Waals surface area contributed by atoms with Crippen molar-refractivity contribution in [2.24, 2.45) is 10.7 Å². The molecule has 6 heteroatoms. The summed E-state index contributed by atoms with van der Waals surface area (Å²) < 4.78 is 37.5. The predicted octanol–water partition coefficient (Wildman–Crippen LogP) is 2.76. The topological polar surface area (TPSA) is 50.4 Å². The van der Waals surface area contributed by atoms with Gasteiger partial charge in [-0.2, -0.15) is 13.2 Å². The highest BCUT2D eigenvalue weighted by molar-refractivity contribution is 5.93. The molecular weight excluding hydrogens is 231 g/mol. The van der Waals surface area contributed by atoms with E-state index in [0.29, 0.717) is 17.8 Å². The van der Waals surface area contributed by atoms with E-state index < -0.39 is 11.7 Å². The number of guanidine groups is 1. The molecule has 0 saturated heterocycles. The van der Waals surface area contributed by atoms with E-state index >= 15 is 0 Å². The zero-order valence-electron chi connectivity index (χ0n) is 9.60. The van der Waals surface area contributed by atoms with E-state index in [1.807, 2.05) is 0 Å². The fourth-order valence-electron chi connectivity index (χ4n) is 1.28. The maximum Gasteiger partial charge on any atom is 0.416 e. The second-order valence-electron chi connectivity index (χ2n) is 3.51. The molecule has 3 N–H and O–H groups in total. The highest BCUT2D eigenvalue weighted by Gasteiger charge is 2.30. The molecule has 0 radical (unpaired) electrons. The first kappa shape index (κ1) is 13.3. The van der Waals surface area contributed by atoms with Crippen LogP contribution in [0.4, 0.5) is 18.9 Å². The summed E-state index contributed by atoms with van der Waals surface area (Å²) in [5, 5.41) is 2.65. The Morgan fingerprint density at radius 3 is 2.59 bits per heavy atom. The lowest BCUT2D eigenvalue weighted by Gasteiger charge is -2.12. The van der Waals surface area contributed by atoms with Crippen LogP contribution in [0, 0.1) is 6.92 Å². The van der Waals surface area contributed by atoms with Crippen molar-refractivity contribution in [1.82, 2.24) is 0 Å². The summed E-state index contributed by atoms with van der Waals surface area (Å²) in [5.74, 6) is 0.106. The quantitative estimate of drug-likeness (QED) is 0.621. The minimum atomic E-state index is -4.36. The minimum absolute atomic E-state index is 0.106. The molecule has 1 aromatic rings. The van der Waals surface area contributed by atoms with E-state index in [0.717, 1.165) is 12.1 Å². The van der Waals surface area contributed by atoms with Gasteiger partial charge in [-0.25, -0.2) is 0 Å². The van der Waals surface area contributed by atoms with Gasteiger partial charge in [0.2, 0.25) is 0 Å². The van der Waals surface area contributed by atoms with Crippen molar-refractivity contribution in [3.63, 3.8) is 0 Å². The number of aliphatic imine (C=N–C) groups is 1. The van der Waals surface area contributed by atoms with Crippen LogP contribution in [0.2, 0.25) is 0 Å². The van der Waals surface area contributed by atoms with Crippen molar-refractivity contribution in [1.29, 1.82) is 0 Å². The lowest BCUT2D eigenvalue weighted by Crippen LogP contribution is -2.23. The third-order valence-corrected chi connectivity index (χ3v) is 2.16. The fraction of sp³-hybridized carbons (Fsp3) is 0.364. The summed E-state index contributed by atoms with van der Waals surface area (Å²) in [6, 6.07) is 3.45.